The second kappa shape index (κ2) is 10.8. The van der Waals surface area contributed by atoms with E-state index < -0.39 is 40.4 Å². The van der Waals surface area contributed by atoms with Gasteiger partial charge in [0.1, 0.15) is 0 Å². The zero-order valence-electron chi connectivity index (χ0n) is 21.5. The van der Waals surface area contributed by atoms with Crippen LogP contribution in [-0.4, -0.2) is 31.2 Å². The van der Waals surface area contributed by atoms with Crippen molar-refractivity contribution in [1.82, 2.24) is 4.31 Å². The Morgan fingerprint density at radius 2 is 1.27 bits per heavy atom. The Morgan fingerprint density at radius 1 is 0.750 bits per heavy atom. The van der Waals surface area contributed by atoms with E-state index in [0.29, 0.717) is 5.56 Å². The molecular formula is C32H26F3NO3S. The molecule has 0 fully saturated rings. The minimum atomic E-state index is -4.77. The number of benzene rings is 4. The summed E-state index contributed by atoms with van der Waals surface area (Å²) < 4.78 is 72.2. The van der Waals surface area contributed by atoms with E-state index in [4.69, 9.17) is 0 Å². The molecule has 0 aliphatic carbocycles. The smallest absolute Gasteiger partial charge is 0.294 e. The molecule has 204 valence electrons. The molecule has 0 saturated carbocycles. The third-order valence-electron chi connectivity index (χ3n) is 7.07. The molecule has 1 aliphatic rings. The van der Waals surface area contributed by atoms with E-state index in [2.05, 4.69) is 0 Å². The van der Waals surface area contributed by atoms with Gasteiger partial charge in [-0.3, -0.25) is 9.10 Å². The van der Waals surface area contributed by atoms with E-state index in [9.17, 15) is 26.4 Å². The molecule has 2 atom stereocenters. The molecule has 0 amide bonds. The van der Waals surface area contributed by atoms with Crippen LogP contribution in [0.3, 0.4) is 0 Å². The molecule has 4 nitrogen and oxygen atoms in total. The van der Waals surface area contributed by atoms with Gasteiger partial charge in [-0.1, -0.05) is 103 Å². The van der Waals surface area contributed by atoms with Gasteiger partial charge in [0.25, 0.3) is 10.0 Å². The summed E-state index contributed by atoms with van der Waals surface area (Å²) in [5.74, 6) is -4.59. The summed E-state index contributed by atoms with van der Waals surface area (Å²) >= 11 is 0. The Balaban J connectivity index is 1.65. The average molecular weight is 562 g/mol. The van der Waals surface area contributed by atoms with Crippen LogP contribution >= 0.6 is 0 Å². The van der Waals surface area contributed by atoms with E-state index >= 15 is 0 Å². The van der Waals surface area contributed by atoms with E-state index in [1.54, 1.807) is 61.5 Å². The van der Waals surface area contributed by atoms with Gasteiger partial charge in [-0.15, -0.1) is 0 Å². The lowest BCUT2D eigenvalue weighted by molar-refractivity contribution is -0.171. The first-order valence-electron chi connectivity index (χ1n) is 12.7. The van der Waals surface area contributed by atoms with Crippen LogP contribution < -0.4 is 0 Å². The quantitative estimate of drug-likeness (QED) is 0.231. The lowest BCUT2D eigenvalue weighted by Crippen LogP contribution is -2.47. The van der Waals surface area contributed by atoms with Crippen molar-refractivity contribution >= 4 is 21.5 Å². The molecule has 0 radical (unpaired) electrons. The van der Waals surface area contributed by atoms with Gasteiger partial charge in [0.05, 0.1) is 22.4 Å². The van der Waals surface area contributed by atoms with Crippen LogP contribution in [0.2, 0.25) is 0 Å². The van der Waals surface area contributed by atoms with Gasteiger partial charge in [0, 0.05) is 12.1 Å². The Labute approximate surface area is 231 Å². The lowest BCUT2D eigenvalue weighted by atomic mass is 9.81. The third-order valence-corrected chi connectivity index (χ3v) is 8.87. The molecule has 0 aromatic heterocycles. The number of halogens is 3. The summed E-state index contributed by atoms with van der Waals surface area (Å²) in [6.07, 6.45) is -3.89. The number of carbonyl (C=O) groups is 1. The van der Waals surface area contributed by atoms with Gasteiger partial charge >= 0.3 is 6.18 Å². The molecule has 0 N–H and O–H groups in total. The number of aryl methyl sites for hydroxylation is 1. The van der Waals surface area contributed by atoms with Crippen molar-refractivity contribution in [2.75, 3.05) is 6.54 Å². The topological polar surface area (TPSA) is 54.5 Å². The van der Waals surface area contributed by atoms with Gasteiger partial charge < -0.3 is 0 Å². The lowest BCUT2D eigenvalue weighted by Gasteiger charge is -2.38. The summed E-state index contributed by atoms with van der Waals surface area (Å²) in [6, 6.07) is 29.9. The highest BCUT2D eigenvalue weighted by molar-refractivity contribution is 7.89. The van der Waals surface area contributed by atoms with Gasteiger partial charge in [-0.05, 0) is 41.8 Å². The fourth-order valence-corrected chi connectivity index (χ4v) is 6.43. The molecule has 1 heterocycles. The highest BCUT2D eigenvalue weighted by Gasteiger charge is 2.51. The number of alkyl halides is 3. The fourth-order valence-electron chi connectivity index (χ4n) is 4.91. The molecule has 5 rings (SSSR count). The fraction of sp³-hybridized carbons (Fsp3) is 0.156. The van der Waals surface area contributed by atoms with E-state index in [-0.39, 0.29) is 16.2 Å². The second-order valence-electron chi connectivity index (χ2n) is 9.75. The van der Waals surface area contributed by atoms with Crippen LogP contribution in [0.4, 0.5) is 13.2 Å². The van der Waals surface area contributed by atoms with Crippen molar-refractivity contribution in [3.8, 4) is 11.1 Å². The number of sulfonamides is 1. The summed E-state index contributed by atoms with van der Waals surface area (Å²) in [5, 5.41) is 0. The Bertz CT molecular complexity index is 1630. The SMILES string of the molecule is Cc1ccc(S(=O)(=O)N2C[C@H](C(=O)c3ccccc3)[C@@H](C(F)(F)F)C=C2c2ccc(-c3ccccc3)cc2)cc1. The number of rotatable bonds is 6. The standard InChI is InChI=1S/C32H26F3NO3S/c1-22-12-18-27(19-13-22)40(38,39)36-21-28(31(37)26-10-6-3-7-11-26)29(32(33,34)35)20-30(36)25-16-14-24(15-17-25)23-8-4-2-5-9-23/h2-20,28-29H,21H2,1H3/t28-,29-/m0/s1. The predicted molar refractivity (Wildman–Crippen MR) is 149 cm³/mol. The molecule has 0 spiro atoms. The zero-order valence-corrected chi connectivity index (χ0v) is 22.4. The van der Waals surface area contributed by atoms with Crippen molar-refractivity contribution in [3.63, 3.8) is 0 Å². The van der Waals surface area contributed by atoms with Crippen molar-refractivity contribution in [1.29, 1.82) is 0 Å². The van der Waals surface area contributed by atoms with Crippen LogP contribution in [0.15, 0.2) is 120 Å². The first kappa shape index (κ1) is 27.4. The maximum absolute atomic E-state index is 14.5. The first-order chi connectivity index (χ1) is 19.1. The zero-order chi connectivity index (χ0) is 28.5. The molecular weight excluding hydrogens is 535 g/mol. The first-order valence-corrected chi connectivity index (χ1v) is 14.1. The monoisotopic (exact) mass is 561 g/mol. The molecule has 4 aromatic rings. The van der Waals surface area contributed by atoms with Crippen molar-refractivity contribution in [3.05, 3.63) is 132 Å². The Kier molecular flexibility index (Phi) is 7.38. The van der Waals surface area contributed by atoms with Crippen LogP contribution in [0.1, 0.15) is 21.5 Å². The minimum Gasteiger partial charge on any atom is -0.294 e. The highest BCUT2D eigenvalue weighted by atomic mass is 32.2. The largest absolute Gasteiger partial charge is 0.396 e. The maximum atomic E-state index is 14.5. The second-order valence-corrected chi connectivity index (χ2v) is 11.6. The number of hydrogen-bond donors (Lipinski definition) is 0. The maximum Gasteiger partial charge on any atom is 0.396 e. The number of carbonyl (C=O) groups excluding carboxylic acids is 1. The average Bonchev–Trinajstić information content (AvgIpc) is 2.97. The van der Waals surface area contributed by atoms with Gasteiger partial charge in [-0.2, -0.15) is 13.2 Å². The van der Waals surface area contributed by atoms with Crippen LogP contribution in [0.5, 0.6) is 0 Å². The molecule has 8 heteroatoms. The molecule has 0 saturated heterocycles. The van der Waals surface area contributed by atoms with Crippen molar-refractivity contribution < 1.29 is 26.4 Å². The summed E-state index contributed by atoms with van der Waals surface area (Å²) in [7, 11) is -4.31. The van der Waals surface area contributed by atoms with Crippen molar-refractivity contribution in [2.24, 2.45) is 11.8 Å². The number of hydrogen-bond acceptors (Lipinski definition) is 3. The Morgan fingerprint density at radius 3 is 1.85 bits per heavy atom. The van der Waals surface area contributed by atoms with E-state index in [1.807, 2.05) is 30.3 Å². The summed E-state index contributed by atoms with van der Waals surface area (Å²) in [4.78, 5) is 13.3. The van der Waals surface area contributed by atoms with Gasteiger partial charge in [0.15, 0.2) is 5.78 Å². The predicted octanol–water partition coefficient (Wildman–Crippen LogP) is 7.39. The number of nitrogens with zero attached hydrogens (tertiary/aromatic N) is 1. The molecule has 4 aromatic carbocycles. The van der Waals surface area contributed by atoms with Crippen LogP contribution in [0.25, 0.3) is 16.8 Å². The summed E-state index contributed by atoms with van der Waals surface area (Å²) in [5.41, 5.74) is 2.86. The normalized spacial score (nSPS) is 17.8. The number of ketones is 1. The molecule has 0 unspecified atom stereocenters. The highest BCUT2D eigenvalue weighted by Crippen LogP contribution is 2.44. The van der Waals surface area contributed by atoms with Crippen LogP contribution in [0, 0.1) is 18.8 Å². The summed E-state index contributed by atoms with van der Waals surface area (Å²) in [6.45, 7) is 1.15. The number of Topliss-reactive ketones (excluding diaryl/α,β-unsaturated/α-hetero) is 1. The van der Waals surface area contributed by atoms with E-state index in [1.165, 1.54) is 24.3 Å². The molecule has 40 heavy (non-hydrogen) atoms. The third kappa shape index (κ3) is 5.45. The van der Waals surface area contributed by atoms with Crippen LogP contribution in [-0.2, 0) is 10.0 Å². The minimum absolute atomic E-state index is 0.0683. The number of allylic oxidation sites excluding steroid dienone is 1. The van der Waals surface area contributed by atoms with Crippen molar-refractivity contribution in [2.45, 2.75) is 18.0 Å². The van der Waals surface area contributed by atoms with Gasteiger partial charge in [-0.25, -0.2) is 8.42 Å². The Hall–Kier alpha value is -4.17. The molecule has 0 bridgehead atoms. The van der Waals surface area contributed by atoms with E-state index in [0.717, 1.165) is 27.1 Å². The molecule has 1 aliphatic heterocycles. The van der Waals surface area contributed by atoms with Gasteiger partial charge in [0.2, 0.25) is 0 Å².